The molecule has 1 aliphatic rings. The van der Waals surface area contributed by atoms with Crippen LogP contribution in [0.1, 0.15) is 26.3 Å². The summed E-state index contributed by atoms with van der Waals surface area (Å²) in [4.78, 5) is 31.1. The molecule has 0 saturated carbocycles. The molecule has 3 N–H and O–H groups in total. The van der Waals surface area contributed by atoms with Gasteiger partial charge in [-0.2, -0.15) is 4.98 Å². The molecule has 0 fully saturated rings. The number of nitrogens with zero attached hydrogens (tertiary/aromatic N) is 3. The molecular weight excluding hydrogens is 360 g/mol. The zero-order valence-electron chi connectivity index (χ0n) is 15.7. The third-order valence-electron chi connectivity index (χ3n) is 4.52. The summed E-state index contributed by atoms with van der Waals surface area (Å²) in [5.74, 6) is 0.129. The number of hydrogen-bond donors (Lipinski definition) is 3. The van der Waals surface area contributed by atoms with Crippen LogP contribution in [0, 0.1) is 10.1 Å². The number of nitro groups is 1. The van der Waals surface area contributed by atoms with Gasteiger partial charge in [0.15, 0.2) is 0 Å². The van der Waals surface area contributed by atoms with E-state index >= 15 is 0 Å². The normalized spacial score (nSPS) is 14.8. The molecular formula is C19H20N6O3. The Balaban J connectivity index is 1.95. The van der Waals surface area contributed by atoms with Crippen LogP contribution >= 0.6 is 0 Å². The summed E-state index contributed by atoms with van der Waals surface area (Å²) in [6.07, 6.45) is 4.49. The third kappa shape index (κ3) is 3.41. The van der Waals surface area contributed by atoms with Crippen molar-refractivity contribution in [2.75, 3.05) is 16.0 Å². The average molecular weight is 380 g/mol. The van der Waals surface area contributed by atoms with E-state index in [0.29, 0.717) is 17.1 Å². The Labute approximate surface area is 161 Å². The number of rotatable bonds is 6. The van der Waals surface area contributed by atoms with Crippen LogP contribution in [-0.4, -0.2) is 20.8 Å². The molecule has 2 heterocycles. The molecule has 28 heavy (non-hydrogen) atoms. The fourth-order valence-electron chi connectivity index (χ4n) is 2.84. The van der Waals surface area contributed by atoms with Crippen LogP contribution in [0.5, 0.6) is 0 Å². The summed E-state index contributed by atoms with van der Waals surface area (Å²) in [5.41, 5.74) is 1.86. The van der Waals surface area contributed by atoms with Gasteiger partial charge < -0.3 is 16.0 Å². The second-order valence-electron chi connectivity index (χ2n) is 6.72. The Hall–Kier alpha value is -3.75. The number of anilines is 4. The summed E-state index contributed by atoms with van der Waals surface area (Å²) in [6.45, 7) is 9.17. The van der Waals surface area contributed by atoms with Crippen molar-refractivity contribution < 1.29 is 9.72 Å². The molecule has 9 nitrogen and oxygen atoms in total. The van der Waals surface area contributed by atoms with Crippen molar-refractivity contribution >= 4 is 34.7 Å². The van der Waals surface area contributed by atoms with Gasteiger partial charge >= 0.3 is 5.69 Å². The monoisotopic (exact) mass is 380 g/mol. The number of carbonyl (C=O) groups excluding carboxylic acids is 1. The SMILES string of the molecule is C=C/C(=C\C)Nc1ncc([N+](=O)[O-])c(Nc2ccc3c(c2)NC(=O)C3(C)C)n1. The first-order valence-electron chi connectivity index (χ1n) is 8.56. The predicted octanol–water partition coefficient (Wildman–Crippen LogP) is 3.86. The number of nitrogens with one attached hydrogen (secondary N) is 3. The molecule has 9 heteroatoms. The Bertz CT molecular complexity index is 1010. The van der Waals surface area contributed by atoms with E-state index in [2.05, 4.69) is 32.5 Å². The van der Waals surface area contributed by atoms with Gasteiger partial charge in [-0.3, -0.25) is 14.9 Å². The number of hydrogen-bond acceptors (Lipinski definition) is 7. The van der Waals surface area contributed by atoms with Gasteiger partial charge in [0.1, 0.15) is 6.20 Å². The lowest BCUT2D eigenvalue weighted by molar-refractivity contribution is -0.384. The lowest BCUT2D eigenvalue weighted by Gasteiger charge is -2.15. The maximum absolute atomic E-state index is 12.1. The Kier molecular flexibility index (Phi) is 4.83. The summed E-state index contributed by atoms with van der Waals surface area (Å²) in [5, 5.41) is 20.1. The molecule has 2 aromatic rings. The highest BCUT2D eigenvalue weighted by molar-refractivity contribution is 6.06. The number of allylic oxidation sites excluding steroid dienone is 2. The van der Waals surface area contributed by atoms with Crippen LogP contribution in [0.2, 0.25) is 0 Å². The molecule has 1 aliphatic heterocycles. The van der Waals surface area contributed by atoms with E-state index < -0.39 is 10.3 Å². The van der Waals surface area contributed by atoms with Crippen molar-refractivity contribution in [2.24, 2.45) is 0 Å². The Morgan fingerprint density at radius 3 is 2.79 bits per heavy atom. The minimum absolute atomic E-state index is 0.0329. The van der Waals surface area contributed by atoms with Crippen molar-refractivity contribution in [3.63, 3.8) is 0 Å². The first kappa shape index (κ1) is 19.0. The quantitative estimate of drug-likeness (QED) is 0.395. The van der Waals surface area contributed by atoms with Crippen LogP contribution in [0.4, 0.5) is 28.8 Å². The lowest BCUT2D eigenvalue weighted by Crippen LogP contribution is -2.26. The van der Waals surface area contributed by atoms with E-state index in [1.54, 1.807) is 24.3 Å². The highest BCUT2D eigenvalue weighted by Crippen LogP contribution is 2.39. The van der Waals surface area contributed by atoms with Gasteiger partial charge in [-0.1, -0.05) is 18.7 Å². The second-order valence-corrected chi connectivity index (χ2v) is 6.72. The molecule has 0 unspecified atom stereocenters. The smallest absolute Gasteiger partial charge is 0.329 e. The van der Waals surface area contributed by atoms with Gasteiger partial charge in [0.05, 0.1) is 10.3 Å². The molecule has 0 aliphatic carbocycles. The molecule has 0 atom stereocenters. The molecule has 144 valence electrons. The van der Waals surface area contributed by atoms with Crippen LogP contribution in [-0.2, 0) is 10.2 Å². The third-order valence-corrected chi connectivity index (χ3v) is 4.52. The number of benzene rings is 1. The maximum atomic E-state index is 12.1. The molecule has 1 amide bonds. The lowest BCUT2D eigenvalue weighted by atomic mass is 9.86. The van der Waals surface area contributed by atoms with Crippen molar-refractivity contribution in [3.05, 3.63) is 64.5 Å². The minimum Gasteiger partial charge on any atom is -0.334 e. The van der Waals surface area contributed by atoms with Crippen molar-refractivity contribution in [2.45, 2.75) is 26.2 Å². The number of amides is 1. The van der Waals surface area contributed by atoms with Gasteiger partial charge in [-0.05, 0) is 44.5 Å². The van der Waals surface area contributed by atoms with E-state index in [-0.39, 0.29) is 23.4 Å². The highest BCUT2D eigenvalue weighted by atomic mass is 16.6. The van der Waals surface area contributed by atoms with Crippen LogP contribution in [0.15, 0.2) is 48.8 Å². The number of aromatic nitrogens is 2. The largest absolute Gasteiger partial charge is 0.334 e. The van der Waals surface area contributed by atoms with E-state index in [1.165, 1.54) is 0 Å². The fraction of sp³-hybridized carbons (Fsp3) is 0.211. The summed E-state index contributed by atoms with van der Waals surface area (Å²) in [6, 6.07) is 5.29. The van der Waals surface area contributed by atoms with E-state index in [1.807, 2.05) is 26.8 Å². The fourth-order valence-corrected chi connectivity index (χ4v) is 2.84. The first-order chi connectivity index (χ1) is 13.3. The molecule has 1 aromatic carbocycles. The zero-order valence-corrected chi connectivity index (χ0v) is 15.7. The van der Waals surface area contributed by atoms with Crippen molar-refractivity contribution in [1.82, 2.24) is 9.97 Å². The van der Waals surface area contributed by atoms with E-state index in [0.717, 1.165) is 11.8 Å². The standard InChI is InChI=1S/C19H20N6O3/c1-5-11(6-2)22-18-20-10-15(25(27)28)16(24-18)21-12-7-8-13-14(9-12)23-17(26)19(13,3)4/h5-10H,1H2,2-4H3,(H,23,26)(H2,20,21,22,24)/b11-6+. The number of fused-ring (bicyclic) bond motifs is 1. The van der Waals surface area contributed by atoms with Gasteiger partial charge in [0.2, 0.25) is 17.7 Å². The van der Waals surface area contributed by atoms with Crippen LogP contribution in [0.25, 0.3) is 0 Å². The Morgan fingerprint density at radius 2 is 2.14 bits per heavy atom. The van der Waals surface area contributed by atoms with Crippen molar-refractivity contribution in [1.29, 1.82) is 0 Å². The van der Waals surface area contributed by atoms with Crippen LogP contribution < -0.4 is 16.0 Å². The van der Waals surface area contributed by atoms with Gasteiger partial charge in [0.25, 0.3) is 0 Å². The van der Waals surface area contributed by atoms with E-state index in [4.69, 9.17) is 0 Å². The molecule has 0 saturated heterocycles. The zero-order chi connectivity index (χ0) is 20.5. The van der Waals surface area contributed by atoms with Crippen molar-refractivity contribution in [3.8, 4) is 0 Å². The average Bonchev–Trinajstić information content (AvgIpc) is 2.88. The molecule has 0 bridgehead atoms. The minimum atomic E-state index is -0.626. The van der Waals surface area contributed by atoms with E-state index in [9.17, 15) is 14.9 Å². The second kappa shape index (κ2) is 7.10. The first-order valence-corrected chi connectivity index (χ1v) is 8.56. The summed E-state index contributed by atoms with van der Waals surface area (Å²) >= 11 is 0. The van der Waals surface area contributed by atoms with Crippen LogP contribution in [0.3, 0.4) is 0 Å². The summed E-state index contributed by atoms with van der Waals surface area (Å²) in [7, 11) is 0. The van der Waals surface area contributed by atoms with Gasteiger partial charge in [-0.25, -0.2) is 4.98 Å². The Morgan fingerprint density at radius 1 is 1.39 bits per heavy atom. The predicted molar refractivity (Wildman–Crippen MR) is 108 cm³/mol. The molecule has 3 rings (SSSR count). The van der Waals surface area contributed by atoms with Gasteiger partial charge in [-0.15, -0.1) is 0 Å². The number of carbonyl (C=O) groups is 1. The van der Waals surface area contributed by atoms with Gasteiger partial charge in [0, 0.05) is 17.1 Å². The summed E-state index contributed by atoms with van der Waals surface area (Å²) < 4.78 is 0. The highest BCUT2D eigenvalue weighted by Gasteiger charge is 2.38. The topological polar surface area (TPSA) is 122 Å². The maximum Gasteiger partial charge on any atom is 0.329 e. The molecule has 1 aromatic heterocycles. The molecule has 0 radical (unpaired) electrons. The molecule has 0 spiro atoms.